The molecule has 1 heterocycles. The molecule has 3 aliphatic rings. The summed E-state index contributed by atoms with van der Waals surface area (Å²) in [5.41, 5.74) is 7.17. The Morgan fingerprint density at radius 2 is 1.84 bits per heavy atom. The van der Waals surface area contributed by atoms with Gasteiger partial charge in [-0.25, -0.2) is 0 Å². The second-order valence-corrected chi connectivity index (χ2v) is 7.47. The van der Waals surface area contributed by atoms with E-state index in [-0.39, 0.29) is 36.2 Å². The van der Waals surface area contributed by atoms with Gasteiger partial charge in [-0.2, -0.15) is 0 Å². The maximum atomic E-state index is 12.8. The number of piperidine rings is 1. The lowest BCUT2D eigenvalue weighted by atomic mass is 9.84. The van der Waals surface area contributed by atoms with Gasteiger partial charge in [-0.3, -0.25) is 9.59 Å². The molecule has 2 bridgehead atoms. The number of carbonyl (C=O) groups excluding carboxylic acids is 2. The van der Waals surface area contributed by atoms with Crippen LogP contribution in [0.3, 0.4) is 0 Å². The van der Waals surface area contributed by atoms with E-state index in [9.17, 15) is 9.59 Å². The third-order valence-electron chi connectivity index (χ3n) is 6.11. The Labute approximate surface area is 154 Å². The molecular weight excluding hydrogens is 338 g/mol. The molecule has 0 aromatic heterocycles. The first kappa shape index (κ1) is 18.2. The quantitative estimate of drug-likeness (QED) is 0.863. The van der Waals surface area contributed by atoms with Gasteiger partial charge < -0.3 is 16.0 Å². The van der Waals surface area contributed by atoms with E-state index in [4.69, 9.17) is 5.73 Å². The van der Waals surface area contributed by atoms with Gasteiger partial charge in [-0.05, 0) is 56.1 Å². The fourth-order valence-electron chi connectivity index (χ4n) is 4.87. The molecule has 1 aromatic carbocycles. The first-order chi connectivity index (χ1) is 11.6. The predicted octanol–water partition coefficient (Wildman–Crippen LogP) is 2.09. The van der Waals surface area contributed by atoms with E-state index in [2.05, 4.69) is 5.32 Å². The minimum Gasteiger partial charge on any atom is -0.344 e. The number of nitrogens with one attached hydrogen (secondary N) is 1. The lowest BCUT2D eigenvalue weighted by molar-refractivity contribution is -0.132. The standard InChI is InChI=1S/C19H25N3O2.ClH/c20-17-13-9-8-12(11-13)16(17)18(23)21-15-7-4-10-22(19(15)24)14-5-2-1-3-6-14;/h1-3,5-6,12-13,15-17H,4,7-11,20H2,(H,21,23);1H. The first-order valence-electron chi connectivity index (χ1n) is 9.07. The number of anilines is 1. The Bertz CT molecular complexity index is 637. The van der Waals surface area contributed by atoms with Crippen molar-refractivity contribution in [2.24, 2.45) is 23.5 Å². The number of carbonyl (C=O) groups is 2. The van der Waals surface area contributed by atoms with Crippen molar-refractivity contribution in [1.82, 2.24) is 5.32 Å². The van der Waals surface area contributed by atoms with Crippen LogP contribution in [0.2, 0.25) is 0 Å². The molecular formula is C19H26ClN3O2. The maximum absolute atomic E-state index is 12.8. The zero-order chi connectivity index (χ0) is 16.7. The molecule has 3 N–H and O–H groups in total. The topological polar surface area (TPSA) is 75.4 Å². The summed E-state index contributed by atoms with van der Waals surface area (Å²) in [5.74, 6) is 0.784. The minimum atomic E-state index is -0.419. The molecule has 5 nitrogen and oxygen atoms in total. The smallest absolute Gasteiger partial charge is 0.249 e. The average molecular weight is 364 g/mol. The third-order valence-corrected chi connectivity index (χ3v) is 6.11. The van der Waals surface area contributed by atoms with Crippen molar-refractivity contribution in [2.75, 3.05) is 11.4 Å². The first-order valence-corrected chi connectivity index (χ1v) is 9.07. The van der Waals surface area contributed by atoms with Crippen molar-refractivity contribution in [3.63, 3.8) is 0 Å². The molecule has 1 saturated heterocycles. The molecule has 2 amide bonds. The summed E-state index contributed by atoms with van der Waals surface area (Å²) in [6.07, 6.45) is 4.94. The molecule has 3 fully saturated rings. The number of amides is 2. The number of para-hydroxylation sites is 1. The van der Waals surface area contributed by atoms with Crippen molar-refractivity contribution in [1.29, 1.82) is 0 Å². The number of benzene rings is 1. The van der Waals surface area contributed by atoms with Crippen LogP contribution in [0, 0.1) is 17.8 Å². The zero-order valence-corrected chi connectivity index (χ0v) is 15.1. The third kappa shape index (κ3) is 3.27. The summed E-state index contributed by atoms with van der Waals surface area (Å²) < 4.78 is 0. The molecule has 6 heteroatoms. The fraction of sp³-hybridized carbons (Fsp3) is 0.579. The van der Waals surface area contributed by atoms with Crippen LogP contribution in [0.15, 0.2) is 30.3 Å². The van der Waals surface area contributed by atoms with Gasteiger partial charge in [-0.15, -0.1) is 12.4 Å². The van der Waals surface area contributed by atoms with Crippen LogP contribution < -0.4 is 16.0 Å². The summed E-state index contributed by atoms with van der Waals surface area (Å²) in [5, 5.41) is 3.02. The molecule has 4 rings (SSSR count). The highest BCUT2D eigenvalue weighted by Gasteiger charge is 2.49. The number of halogens is 1. The van der Waals surface area contributed by atoms with E-state index in [1.54, 1.807) is 4.90 Å². The maximum Gasteiger partial charge on any atom is 0.249 e. The van der Waals surface area contributed by atoms with E-state index in [1.165, 1.54) is 0 Å². The van der Waals surface area contributed by atoms with Crippen LogP contribution in [0.4, 0.5) is 5.69 Å². The Hall–Kier alpha value is -1.59. The molecule has 0 spiro atoms. The van der Waals surface area contributed by atoms with Gasteiger partial charge in [0, 0.05) is 18.3 Å². The molecule has 136 valence electrons. The van der Waals surface area contributed by atoms with Gasteiger partial charge in [0.05, 0.1) is 5.92 Å². The van der Waals surface area contributed by atoms with Crippen LogP contribution >= 0.6 is 12.4 Å². The number of hydrogen-bond acceptors (Lipinski definition) is 3. The molecule has 5 unspecified atom stereocenters. The van der Waals surface area contributed by atoms with E-state index in [0.717, 1.165) is 31.4 Å². The van der Waals surface area contributed by atoms with Gasteiger partial charge in [0.15, 0.2) is 0 Å². The highest BCUT2D eigenvalue weighted by atomic mass is 35.5. The zero-order valence-electron chi connectivity index (χ0n) is 14.3. The Morgan fingerprint density at radius 1 is 1.12 bits per heavy atom. The summed E-state index contributed by atoms with van der Waals surface area (Å²) in [7, 11) is 0. The normalized spacial score (nSPS) is 33.9. The van der Waals surface area contributed by atoms with Gasteiger partial charge in [0.2, 0.25) is 11.8 Å². The van der Waals surface area contributed by atoms with E-state index in [1.807, 2.05) is 30.3 Å². The lowest BCUT2D eigenvalue weighted by Gasteiger charge is -2.34. The fourth-order valence-corrected chi connectivity index (χ4v) is 4.87. The number of nitrogens with zero attached hydrogens (tertiary/aromatic N) is 1. The number of rotatable bonds is 3. The van der Waals surface area contributed by atoms with E-state index in [0.29, 0.717) is 24.8 Å². The SMILES string of the molecule is Cl.NC1C2CCC(C2)C1C(=O)NC1CCCN(c2ccccc2)C1=O. The lowest BCUT2D eigenvalue weighted by Crippen LogP contribution is -2.55. The molecule has 25 heavy (non-hydrogen) atoms. The van der Waals surface area contributed by atoms with Crippen molar-refractivity contribution in [3.05, 3.63) is 30.3 Å². The van der Waals surface area contributed by atoms with Crippen LogP contribution in [-0.2, 0) is 9.59 Å². The van der Waals surface area contributed by atoms with Crippen LogP contribution in [0.1, 0.15) is 32.1 Å². The number of hydrogen-bond donors (Lipinski definition) is 2. The Kier molecular flexibility index (Phi) is 5.35. The highest BCUT2D eigenvalue weighted by Crippen LogP contribution is 2.47. The van der Waals surface area contributed by atoms with Gasteiger partial charge >= 0.3 is 0 Å². The average Bonchev–Trinajstić information content (AvgIpc) is 3.18. The van der Waals surface area contributed by atoms with Crippen molar-refractivity contribution < 1.29 is 9.59 Å². The molecule has 2 saturated carbocycles. The van der Waals surface area contributed by atoms with Gasteiger partial charge in [0.25, 0.3) is 0 Å². The minimum absolute atomic E-state index is 0. The van der Waals surface area contributed by atoms with Gasteiger partial charge in [-0.1, -0.05) is 18.2 Å². The van der Waals surface area contributed by atoms with Crippen LogP contribution in [0.25, 0.3) is 0 Å². The monoisotopic (exact) mass is 363 g/mol. The van der Waals surface area contributed by atoms with E-state index >= 15 is 0 Å². The van der Waals surface area contributed by atoms with E-state index < -0.39 is 6.04 Å². The predicted molar refractivity (Wildman–Crippen MR) is 99.5 cm³/mol. The summed E-state index contributed by atoms with van der Waals surface area (Å²) in [6.45, 7) is 0.711. The second-order valence-electron chi connectivity index (χ2n) is 7.47. The molecule has 1 aliphatic heterocycles. The Morgan fingerprint density at radius 3 is 2.52 bits per heavy atom. The molecule has 5 atom stereocenters. The molecule has 0 radical (unpaired) electrons. The van der Waals surface area contributed by atoms with Crippen LogP contribution in [0.5, 0.6) is 0 Å². The van der Waals surface area contributed by atoms with Crippen molar-refractivity contribution in [3.8, 4) is 0 Å². The largest absolute Gasteiger partial charge is 0.344 e. The summed E-state index contributed by atoms with van der Waals surface area (Å²) in [6, 6.07) is 9.22. The summed E-state index contributed by atoms with van der Waals surface area (Å²) in [4.78, 5) is 27.3. The highest BCUT2D eigenvalue weighted by molar-refractivity contribution is 6.00. The summed E-state index contributed by atoms with van der Waals surface area (Å²) >= 11 is 0. The van der Waals surface area contributed by atoms with Gasteiger partial charge in [0.1, 0.15) is 6.04 Å². The molecule has 1 aromatic rings. The second kappa shape index (κ2) is 7.34. The Balaban J connectivity index is 0.00000182. The van der Waals surface area contributed by atoms with Crippen molar-refractivity contribution >= 4 is 29.9 Å². The number of fused-ring (bicyclic) bond motifs is 2. The number of nitrogens with two attached hydrogens (primary N) is 1. The van der Waals surface area contributed by atoms with Crippen molar-refractivity contribution in [2.45, 2.75) is 44.2 Å². The molecule has 2 aliphatic carbocycles. The van der Waals surface area contributed by atoms with Crippen LogP contribution in [-0.4, -0.2) is 30.4 Å².